The normalized spacial score (nSPS) is 10.9. The third kappa shape index (κ3) is 7.11. The summed E-state index contributed by atoms with van der Waals surface area (Å²) in [5.74, 6) is 0.689. The minimum atomic E-state index is -0.597. The van der Waals surface area contributed by atoms with Crippen molar-refractivity contribution in [3.8, 4) is 23.0 Å². The maximum Gasteiger partial charge on any atom is 0.343 e. The Morgan fingerprint density at radius 2 is 1.52 bits per heavy atom. The second kappa shape index (κ2) is 13.9. The minimum absolute atomic E-state index is 0.246. The lowest BCUT2D eigenvalue weighted by molar-refractivity contribution is 0.0734. The molecule has 0 saturated carbocycles. The van der Waals surface area contributed by atoms with Gasteiger partial charge in [-0.25, -0.2) is 10.2 Å². The first kappa shape index (κ1) is 30.4. The zero-order valence-electron chi connectivity index (χ0n) is 23.7. The Bertz CT molecular complexity index is 1860. The molecule has 0 saturated heterocycles. The van der Waals surface area contributed by atoms with Crippen LogP contribution in [0.15, 0.2) is 102 Å². The number of nitrogens with one attached hydrogen (secondary N) is 1. The SMILES string of the molecule is COc1ccc(C(=O)Oc2ccc3ccccc3c2/C=N/NC(=O)c2ccc(OCc3ccc(Cl)cc3Cl)cc2)cc1OC. The van der Waals surface area contributed by atoms with Gasteiger partial charge < -0.3 is 18.9 Å². The van der Waals surface area contributed by atoms with E-state index in [4.69, 9.17) is 42.1 Å². The molecule has 0 heterocycles. The molecule has 5 aromatic rings. The number of hydrazone groups is 1. The smallest absolute Gasteiger partial charge is 0.343 e. The Hall–Kier alpha value is -5.05. The molecule has 44 heavy (non-hydrogen) atoms. The van der Waals surface area contributed by atoms with Crippen LogP contribution in [0.4, 0.5) is 0 Å². The molecule has 0 aliphatic carbocycles. The zero-order chi connectivity index (χ0) is 31.1. The van der Waals surface area contributed by atoms with E-state index < -0.39 is 11.9 Å². The second-order valence-corrected chi connectivity index (χ2v) is 10.2. The van der Waals surface area contributed by atoms with Crippen molar-refractivity contribution in [2.45, 2.75) is 6.61 Å². The highest BCUT2D eigenvalue weighted by Crippen LogP contribution is 2.30. The van der Waals surface area contributed by atoms with Crippen molar-refractivity contribution in [3.63, 3.8) is 0 Å². The highest BCUT2D eigenvalue weighted by molar-refractivity contribution is 6.35. The Morgan fingerprint density at radius 3 is 2.27 bits per heavy atom. The molecule has 0 fully saturated rings. The maximum absolute atomic E-state index is 13.1. The van der Waals surface area contributed by atoms with Gasteiger partial charge in [0.25, 0.3) is 5.91 Å². The Kier molecular flexibility index (Phi) is 9.64. The van der Waals surface area contributed by atoms with Crippen molar-refractivity contribution >= 4 is 52.1 Å². The van der Waals surface area contributed by atoms with E-state index >= 15 is 0 Å². The lowest BCUT2D eigenvalue weighted by Gasteiger charge is -2.12. The number of halogens is 2. The topological polar surface area (TPSA) is 95.5 Å². The molecule has 1 amide bonds. The third-order valence-corrected chi connectivity index (χ3v) is 7.23. The number of fused-ring (bicyclic) bond motifs is 1. The molecule has 5 aromatic carbocycles. The quantitative estimate of drug-likeness (QED) is 0.0736. The summed E-state index contributed by atoms with van der Waals surface area (Å²) in [7, 11) is 3.00. The first-order valence-electron chi connectivity index (χ1n) is 13.3. The standard InChI is InChI=1S/C34H26Cl2N2O6/c1-41-31-16-11-23(17-32(31)42-2)34(40)44-30-15-10-21-5-3-4-6-27(21)28(30)19-37-38-33(39)22-8-13-26(14-9-22)43-20-24-7-12-25(35)18-29(24)36/h3-19H,20H2,1-2H3,(H,38,39)/b37-19+. The highest BCUT2D eigenvalue weighted by Gasteiger charge is 2.16. The van der Waals surface area contributed by atoms with Gasteiger partial charge in [-0.3, -0.25) is 4.79 Å². The van der Waals surface area contributed by atoms with Gasteiger partial charge in [-0.1, -0.05) is 59.6 Å². The lowest BCUT2D eigenvalue weighted by Crippen LogP contribution is -2.17. The molecule has 1 N–H and O–H groups in total. The monoisotopic (exact) mass is 628 g/mol. The molecule has 0 aliphatic heterocycles. The first-order chi connectivity index (χ1) is 21.4. The fraction of sp³-hybridized carbons (Fsp3) is 0.0882. The summed E-state index contributed by atoms with van der Waals surface area (Å²) in [5, 5.41) is 6.91. The van der Waals surface area contributed by atoms with Gasteiger partial charge in [0.05, 0.1) is 26.0 Å². The molecular formula is C34H26Cl2N2O6. The number of amides is 1. The molecule has 0 bridgehead atoms. The van der Waals surface area contributed by atoms with Crippen LogP contribution in [0.5, 0.6) is 23.0 Å². The largest absolute Gasteiger partial charge is 0.493 e. The molecule has 0 aliphatic rings. The summed E-state index contributed by atoms with van der Waals surface area (Å²) in [6, 6.07) is 27.6. The van der Waals surface area contributed by atoms with Crippen LogP contribution in [-0.4, -0.2) is 32.3 Å². The van der Waals surface area contributed by atoms with Crippen LogP contribution in [0, 0.1) is 0 Å². The third-order valence-electron chi connectivity index (χ3n) is 6.64. The molecule has 0 spiro atoms. The van der Waals surface area contributed by atoms with Crippen molar-refractivity contribution in [3.05, 3.63) is 129 Å². The maximum atomic E-state index is 13.1. The van der Waals surface area contributed by atoms with E-state index in [1.807, 2.05) is 30.3 Å². The van der Waals surface area contributed by atoms with Gasteiger partial charge in [0.15, 0.2) is 11.5 Å². The number of nitrogens with zero attached hydrogens (tertiary/aromatic N) is 1. The van der Waals surface area contributed by atoms with E-state index in [1.54, 1.807) is 66.7 Å². The van der Waals surface area contributed by atoms with Gasteiger partial charge in [0.2, 0.25) is 0 Å². The molecule has 0 radical (unpaired) electrons. The van der Waals surface area contributed by atoms with Crippen LogP contribution < -0.4 is 24.4 Å². The molecule has 222 valence electrons. The van der Waals surface area contributed by atoms with Crippen LogP contribution in [-0.2, 0) is 6.61 Å². The number of hydrogen-bond acceptors (Lipinski definition) is 7. The predicted molar refractivity (Wildman–Crippen MR) is 171 cm³/mol. The number of carbonyl (C=O) groups is 2. The molecule has 10 heteroatoms. The summed E-state index contributed by atoms with van der Waals surface area (Å²) >= 11 is 12.2. The fourth-order valence-corrected chi connectivity index (χ4v) is 4.81. The van der Waals surface area contributed by atoms with E-state index in [1.165, 1.54) is 20.4 Å². The average Bonchev–Trinajstić information content (AvgIpc) is 3.04. The number of esters is 1. The van der Waals surface area contributed by atoms with Crippen molar-refractivity contribution < 1.29 is 28.5 Å². The van der Waals surface area contributed by atoms with E-state index in [0.717, 1.165) is 16.3 Å². The Balaban J connectivity index is 1.29. The van der Waals surface area contributed by atoms with Crippen molar-refractivity contribution in [1.29, 1.82) is 0 Å². The molecule has 8 nitrogen and oxygen atoms in total. The Morgan fingerprint density at radius 1 is 0.795 bits per heavy atom. The number of hydrogen-bond donors (Lipinski definition) is 1. The van der Waals surface area contributed by atoms with Crippen LogP contribution >= 0.6 is 23.2 Å². The number of benzene rings is 5. The van der Waals surface area contributed by atoms with Crippen LogP contribution in [0.2, 0.25) is 10.0 Å². The van der Waals surface area contributed by atoms with Crippen LogP contribution in [0.1, 0.15) is 31.8 Å². The summed E-state index contributed by atoms with van der Waals surface area (Å²) < 4.78 is 22.1. The summed E-state index contributed by atoms with van der Waals surface area (Å²) in [6.45, 7) is 0.246. The number of carbonyl (C=O) groups excluding carboxylic acids is 2. The van der Waals surface area contributed by atoms with Crippen molar-refractivity contribution in [1.82, 2.24) is 5.43 Å². The zero-order valence-corrected chi connectivity index (χ0v) is 25.2. The van der Waals surface area contributed by atoms with E-state index in [0.29, 0.717) is 38.4 Å². The van der Waals surface area contributed by atoms with Gasteiger partial charge in [0, 0.05) is 26.7 Å². The molecule has 0 aromatic heterocycles. The van der Waals surface area contributed by atoms with Crippen LogP contribution in [0.3, 0.4) is 0 Å². The number of rotatable bonds is 10. The number of ether oxygens (including phenoxy) is 4. The second-order valence-electron chi connectivity index (χ2n) is 9.41. The summed E-state index contributed by atoms with van der Waals surface area (Å²) in [5.41, 5.74) is 4.48. The van der Waals surface area contributed by atoms with Crippen LogP contribution in [0.25, 0.3) is 10.8 Å². The predicted octanol–water partition coefficient (Wildman–Crippen LogP) is 7.73. The average molecular weight is 629 g/mol. The van der Waals surface area contributed by atoms with Gasteiger partial charge >= 0.3 is 5.97 Å². The van der Waals surface area contributed by atoms with Gasteiger partial charge in [-0.2, -0.15) is 5.10 Å². The van der Waals surface area contributed by atoms with Crippen molar-refractivity contribution in [2.75, 3.05) is 14.2 Å². The first-order valence-corrected chi connectivity index (χ1v) is 14.1. The lowest BCUT2D eigenvalue weighted by atomic mass is 10.0. The molecular weight excluding hydrogens is 603 g/mol. The fourth-order valence-electron chi connectivity index (χ4n) is 4.34. The molecule has 0 atom stereocenters. The van der Waals surface area contributed by atoms with E-state index in [-0.39, 0.29) is 17.9 Å². The molecule has 0 unspecified atom stereocenters. The minimum Gasteiger partial charge on any atom is -0.493 e. The van der Waals surface area contributed by atoms with Gasteiger partial charge in [-0.15, -0.1) is 0 Å². The van der Waals surface area contributed by atoms with Crippen molar-refractivity contribution in [2.24, 2.45) is 5.10 Å². The summed E-state index contributed by atoms with van der Waals surface area (Å²) in [4.78, 5) is 25.9. The van der Waals surface area contributed by atoms with E-state index in [9.17, 15) is 9.59 Å². The van der Waals surface area contributed by atoms with Gasteiger partial charge in [0.1, 0.15) is 18.1 Å². The van der Waals surface area contributed by atoms with E-state index in [2.05, 4.69) is 10.5 Å². The van der Waals surface area contributed by atoms with Gasteiger partial charge in [-0.05, 0) is 71.4 Å². The summed E-state index contributed by atoms with van der Waals surface area (Å²) in [6.07, 6.45) is 1.45. The number of methoxy groups -OCH3 is 2. The Labute approximate surface area is 263 Å². The highest BCUT2D eigenvalue weighted by atomic mass is 35.5. The molecule has 5 rings (SSSR count).